The Morgan fingerprint density at radius 3 is 2.94 bits per heavy atom. The van der Waals surface area contributed by atoms with Crippen molar-refractivity contribution in [3.8, 4) is 0 Å². The minimum atomic E-state index is 0.648. The van der Waals surface area contributed by atoms with Crippen LogP contribution in [0.3, 0.4) is 0 Å². The molecule has 4 nitrogen and oxygen atoms in total. The Morgan fingerprint density at radius 2 is 2.22 bits per heavy atom. The predicted octanol–water partition coefficient (Wildman–Crippen LogP) is 2.18. The number of hydrogen-bond donors (Lipinski definition) is 1. The normalized spacial score (nSPS) is 10.8. The average Bonchev–Trinajstić information content (AvgIpc) is 2.78. The molecular formula is C13H17ClN4. The molecule has 0 amide bonds. The number of hydrogen-bond acceptors (Lipinski definition) is 3. The third kappa shape index (κ3) is 3.31. The number of nitrogens with two attached hydrogens (primary N) is 1. The molecule has 0 spiro atoms. The molecule has 0 aliphatic heterocycles. The fraction of sp³-hybridized carbons (Fsp3) is 0.385. The van der Waals surface area contributed by atoms with Gasteiger partial charge >= 0.3 is 0 Å². The third-order valence-corrected chi connectivity index (χ3v) is 3.12. The minimum Gasteiger partial charge on any atom is -0.330 e. The maximum atomic E-state index is 6.19. The lowest BCUT2D eigenvalue weighted by molar-refractivity contribution is 0.649. The van der Waals surface area contributed by atoms with Crippen molar-refractivity contribution in [2.24, 2.45) is 5.73 Å². The van der Waals surface area contributed by atoms with Crippen molar-refractivity contribution in [3.63, 3.8) is 0 Å². The lowest BCUT2D eigenvalue weighted by Gasteiger charge is -2.04. The van der Waals surface area contributed by atoms with Gasteiger partial charge in [0.1, 0.15) is 0 Å². The highest BCUT2D eigenvalue weighted by atomic mass is 35.5. The topological polar surface area (TPSA) is 56.7 Å². The van der Waals surface area contributed by atoms with Crippen LogP contribution in [-0.4, -0.2) is 21.5 Å². The van der Waals surface area contributed by atoms with Crippen molar-refractivity contribution < 1.29 is 0 Å². The second-order valence-electron chi connectivity index (χ2n) is 4.39. The van der Waals surface area contributed by atoms with E-state index >= 15 is 0 Å². The lowest BCUT2D eigenvalue weighted by Crippen LogP contribution is -2.01. The molecule has 0 aliphatic rings. The van der Waals surface area contributed by atoms with Crippen LogP contribution in [0, 0.1) is 6.92 Å². The van der Waals surface area contributed by atoms with E-state index in [0.717, 1.165) is 34.7 Å². The molecule has 0 atom stereocenters. The van der Waals surface area contributed by atoms with Crippen LogP contribution in [0.4, 0.5) is 0 Å². The Hall–Kier alpha value is -1.39. The number of aromatic nitrogens is 3. The number of benzene rings is 1. The Kier molecular flexibility index (Phi) is 4.33. The van der Waals surface area contributed by atoms with Crippen molar-refractivity contribution in [3.05, 3.63) is 46.2 Å². The first kappa shape index (κ1) is 13.1. The van der Waals surface area contributed by atoms with Gasteiger partial charge in [0, 0.05) is 11.2 Å². The molecule has 0 unspecified atom stereocenters. The quantitative estimate of drug-likeness (QED) is 0.901. The molecule has 0 saturated heterocycles. The summed E-state index contributed by atoms with van der Waals surface area (Å²) in [5.41, 5.74) is 8.66. The second-order valence-corrected chi connectivity index (χ2v) is 4.80. The fourth-order valence-corrected chi connectivity index (χ4v) is 2.06. The summed E-state index contributed by atoms with van der Waals surface area (Å²) in [5, 5.41) is 8.98. The van der Waals surface area contributed by atoms with Gasteiger partial charge in [-0.05, 0) is 43.5 Å². The Bertz CT molecular complexity index is 521. The summed E-state index contributed by atoms with van der Waals surface area (Å²) >= 11 is 6.19. The molecule has 0 aliphatic carbocycles. The molecular weight excluding hydrogens is 248 g/mol. The van der Waals surface area contributed by atoms with E-state index in [2.05, 4.69) is 10.3 Å². The van der Waals surface area contributed by atoms with Crippen molar-refractivity contribution in [2.45, 2.75) is 26.3 Å². The smallest absolute Gasteiger partial charge is 0.0827 e. The van der Waals surface area contributed by atoms with Crippen LogP contribution in [0.5, 0.6) is 0 Å². The molecule has 1 aromatic carbocycles. The molecule has 96 valence electrons. The van der Waals surface area contributed by atoms with Gasteiger partial charge in [-0.2, -0.15) is 0 Å². The van der Waals surface area contributed by atoms with E-state index in [4.69, 9.17) is 17.3 Å². The molecule has 0 radical (unpaired) electrons. The van der Waals surface area contributed by atoms with E-state index in [0.29, 0.717) is 13.1 Å². The highest BCUT2D eigenvalue weighted by molar-refractivity contribution is 6.31. The molecule has 18 heavy (non-hydrogen) atoms. The van der Waals surface area contributed by atoms with Crippen LogP contribution in [0.25, 0.3) is 0 Å². The van der Waals surface area contributed by atoms with E-state index in [-0.39, 0.29) is 0 Å². The van der Waals surface area contributed by atoms with Crippen LogP contribution < -0.4 is 5.73 Å². The molecule has 2 aromatic rings. The zero-order valence-electron chi connectivity index (χ0n) is 10.4. The highest BCUT2D eigenvalue weighted by Crippen LogP contribution is 2.18. The number of halogens is 1. The number of nitrogens with zero attached hydrogens (tertiary/aromatic N) is 3. The lowest BCUT2D eigenvalue weighted by atomic mass is 10.1. The van der Waals surface area contributed by atoms with Gasteiger partial charge in [-0.3, -0.25) is 0 Å². The van der Waals surface area contributed by atoms with Crippen LogP contribution in [0.2, 0.25) is 5.02 Å². The first-order chi connectivity index (χ1) is 8.69. The van der Waals surface area contributed by atoms with Gasteiger partial charge in [0.15, 0.2) is 0 Å². The van der Waals surface area contributed by atoms with Crippen LogP contribution in [0.15, 0.2) is 24.4 Å². The largest absolute Gasteiger partial charge is 0.330 e. The third-order valence-electron chi connectivity index (χ3n) is 2.76. The minimum absolute atomic E-state index is 0.648. The Morgan fingerprint density at radius 1 is 1.39 bits per heavy atom. The van der Waals surface area contributed by atoms with E-state index in [1.165, 1.54) is 0 Å². The van der Waals surface area contributed by atoms with Crippen molar-refractivity contribution in [1.29, 1.82) is 0 Å². The van der Waals surface area contributed by atoms with Crippen molar-refractivity contribution >= 4 is 11.6 Å². The van der Waals surface area contributed by atoms with Crippen LogP contribution >= 0.6 is 11.6 Å². The summed E-state index contributed by atoms with van der Waals surface area (Å²) in [6.45, 7) is 3.35. The highest BCUT2D eigenvalue weighted by Gasteiger charge is 2.04. The van der Waals surface area contributed by atoms with Crippen LogP contribution in [0.1, 0.15) is 23.2 Å². The summed E-state index contributed by atoms with van der Waals surface area (Å²) in [6.07, 6.45) is 3.76. The predicted molar refractivity (Wildman–Crippen MR) is 72.7 cm³/mol. The zero-order valence-corrected chi connectivity index (χ0v) is 11.2. The van der Waals surface area contributed by atoms with Gasteiger partial charge in [-0.25, -0.2) is 4.68 Å². The molecule has 1 heterocycles. The molecule has 0 fully saturated rings. The van der Waals surface area contributed by atoms with Crippen LogP contribution in [-0.2, 0) is 13.0 Å². The van der Waals surface area contributed by atoms with E-state index in [9.17, 15) is 0 Å². The molecule has 1 aromatic heterocycles. The molecule has 5 heteroatoms. The van der Waals surface area contributed by atoms with Gasteiger partial charge in [0.25, 0.3) is 0 Å². The Labute approximate surface area is 112 Å². The number of aryl methyl sites for hydroxylation is 2. The van der Waals surface area contributed by atoms with E-state index < -0.39 is 0 Å². The zero-order chi connectivity index (χ0) is 13.0. The Balaban J connectivity index is 2.06. The molecule has 2 N–H and O–H groups in total. The first-order valence-corrected chi connectivity index (χ1v) is 6.41. The summed E-state index contributed by atoms with van der Waals surface area (Å²) in [7, 11) is 0. The standard InChI is InChI=1S/C13H17ClN4/c1-10-4-5-11(13(14)7-10)8-18-9-12(16-17-18)3-2-6-15/h4-5,7,9H,2-3,6,8,15H2,1H3. The number of rotatable bonds is 5. The second kappa shape index (κ2) is 5.98. The average molecular weight is 265 g/mol. The summed E-state index contributed by atoms with van der Waals surface area (Å²) < 4.78 is 1.81. The van der Waals surface area contributed by atoms with E-state index in [1.54, 1.807) is 0 Å². The molecule has 0 bridgehead atoms. The van der Waals surface area contributed by atoms with Gasteiger partial charge in [-0.15, -0.1) is 5.10 Å². The first-order valence-electron chi connectivity index (χ1n) is 6.03. The van der Waals surface area contributed by atoms with Gasteiger partial charge in [0.2, 0.25) is 0 Å². The summed E-state index contributed by atoms with van der Waals surface area (Å²) in [4.78, 5) is 0. The monoisotopic (exact) mass is 264 g/mol. The van der Waals surface area contributed by atoms with Gasteiger partial charge < -0.3 is 5.73 Å². The fourth-order valence-electron chi connectivity index (χ4n) is 1.77. The molecule has 0 saturated carbocycles. The summed E-state index contributed by atoms with van der Waals surface area (Å²) in [6, 6.07) is 6.04. The van der Waals surface area contributed by atoms with Crippen molar-refractivity contribution in [2.75, 3.05) is 6.54 Å². The van der Waals surface area contributed by atoms with E-state index in [1.807, 2.05) is 36.0 Å². The SMILES string of the molecule is Cc1ccc(Cn2cc(CCCN)nn2)c(Cl)c1. The van der Waals surface area contributed by atoms with Gasteiger partial charge in [-0.1, -0.05) is 28.9 Å². The molecule has 2 rings (SSSR count). The maximum Gasteiger partial charge on any atom is 0.0827 e. The maximum absolute atomic E-state index is 6.19. The van der Waals surface area contributed by atoms with Crippen molar-refractivity contribution in [1.82, 2.24) is 15.0 Å². The summed E-state index contributed by atoms with van der Waals surface area (Å²) in [5.74, 6) is 0. The van der Waals surface area contributed by atoms with Gasteiger partial charge in [0.05, 0.1) is 12.2 Å².